The maximum absolute atomic E-state index is 13.2. The molecule has 0 N–H and O–H groups in total. The molecule has 0 heterocycles. The number of rotatable bonds is 8. The average molecular weight is 475 g/mol. The topological polar surface area (TPSA) is 26.3 Å². The summed E-state index contributed by atoms with van der Waals surface area (Å²) >= 11 is -0.0000890. The Bertz CT molecular complexity index is 813. The van der Waals surface area contributed by atoms with Crippen molar-refractivity contribution in [3.8, 4) is 5.75 Å². The van der Waals surface area contributed by atoms with E-state index in [1.54, 1.807) is 7.11 Å². The van der Waals surface area contributed by atoms with E-state index >= 15 is 0 Å². The summed E-state index contributed by atoms with van der Waals surface area (Å²) in [6, 6.07) is 27.6. The minimum absolute atomic E-state index is 0.0000445. The molecule has 3 aromatic carbocycles. The van der Waals surface area contributed by atoms with Crippen LogP contribution in [-0.4, -0.2) is 42.8 Å². The molecule has 3 rings (SSSR count). The second kappa shape index (κ2) is 9.75. The molecule has 0 aromatic heterocycles. The van der Waals surface area contributed by atoms with Crippen molar-refractivity contribution >= 4 is 44.6 Å². The van der Waals surface area contributed by atoms with E-state index in [1.165, 1.54) is 8.92 Å². The van der Waals surface area contributed by atoms with Crippen LogP contribution < -0.4 is 13.7 Å². The molecular formula is C22H20O2Se2. The predicted octanol–water partition coefficient (Wildman–Crippen LogP) is 2.61. The summed E-state index contributed by atoms with van der Waals surface area (Å²) in [5, 5.41) is 0. The van der Waals surface area contributed by atoms with Gasteiger partial charge < -0.3 is 0 Å². The molecule has 1 unspecified atom stereocenters. The van der Waals surface area contributed by atoms with Crippen LogP contribution in [0.5, 0.6) is 5.75 Å². The number of benzene rings is 3. The predicted molar refractivity (Wildman–Crippen MR) is 109 cm³/mol. The molecule has 0 radical (unpaired) electrons. The Kier molecular flexibility index (Phi) is 6.59. The molecule has 0 fully saturated rings. The van der Waals surface area contributed by atoms with Crippen molar-refractivity contribution in [2.75, 3.05) is 7.11 Å². The SMILES string of the molecule is [2H]C(C(=O)C([Se]c1ccccc1)[Se]c1ccccc1)c1ccc(OC)cc1. The molecule has 0 saturated carbocycles. The number of Topliss-reactive ketones (excluding diaryl/α,β-unsaturated/α-hetero) is 1. The number of hydrogen-bond acceptors (Lipinski definition) is 2. The van der Waals surface area contributed by atoms with Crippen molar-refractivity contribution in [1.29, 1.82) is 0 Å². The maximum atomic E-state index is 13.2. The van der Waals surface area contributed by atoms with E-state index in [2.05, 4.69) is 24.3 Å². The van der Waals surface area contributed by atoms with Crippen LogP contribution in [0.4, 0.5) is 0 Å². The molecule has 0 aliphatic heterocycles. The summed E-state index contributed by atoms with van der Waals surface area (Å²) in [5.41, 5.74) is 0.721. The van der Waals surface area contributed by atoms with E-state index in [1.807, 2.05) is 60.7 Å². The van der Waals surface area contributed by atoms with Crippen LogP contribution >= 0.6 is 0 Å². The van der Waals surface area contributed by atoms with Crippen LogP contribution in [0.3, 0.4) is 0 Å². The Hall–Kier alpha value is -1.83. The zero-order valence-electron chi connectivity index (χ0n) is 15.4. The summed E-state index contributed by atoms with van der Waals surface area (Å²) in [5.74, 6) is 0.741. The number of ether oxygens (including phenoxy) is 1. The summed E-state index contributed by atoms with van der Waals surface area (Å²) < 4.78 is 16.0. The zero-order valence-corrected chi connectivity index (χ0v) is 17.8. The van der Waals surface area contributed by atoms with Gasteiger partial charge in [0.05, 0.1) is 0 Å². The van der Waals surface area contributed by atoms with Gasteiger partial charge in [-0.2, -0.15) is 0 Å². The van der Waals surface area contributed by atoms with Gasteiger partial charge in [0.1, 0.15) is 0 Å². The third-order valence-electron chi connectivity index (χ3n) is 3.63. The zero-order chi connectivity index (χ0) is 19.1. The van der Waals surface area contributed by atoms with Gasteiger partial charge in [-0.1, -0.05) is 0 Å². The first-order valence-electron chi connectivity index (χ1n) is 8.78. The van der Waals surface area contributed by atoms with Gasteiger partial charge in [-0.15, -0.1) is 0 Å². The molecule has 0 saturated heterocycles. The number of carbonyl (C=O) groups is 1. The van der Waals surface area contributed by atoms with Crippen LogP contribution in [0.2, 0.25) is 3.71 Å². The monoisotopic (exact) mass is 477 g/mol. The van der Waals surface area contributed by atoms with Crippen LogP contribution in [0.1, 0.15) is 6.93 Å². The van der Waals surface area contributed by atoms with Crippen molar-refractivity contribution in [3.63, 3.8) is 0 Å². The first kappa shape index (κ1) is 17.6. The molecule has 1 atom stereocenters. The van der Waals surface area contributed by atoms with E-state index < -0.39 is 6.40 Å². The Morgan fingerprint density at radius 3 is 1.85 bits per heavy atom. The van der Waals surface area contributed by atoms with Crippen LogP contribution in [0.25, 0.3) is 0 Å². The second-order valence-corrected chi connectivity index (χ2v) is 12.0. The van der Waals surface area contributed by atoms with E-state index in [0.717, 1.165) is 11.3 Å². The van der Waals surface area contributed by atoms with Crippen molar-refractivity contribution in [1.82, 2.24) is 0 Å². The molecule has 132 valence electrons. The van der Waals surface area contributed by atoms with Gasteiger partial charge in [0.25, 0.3) is 0 Å². The fourth-order valence-corrected chi connectivity index (χ4v) is 8.49. The summed E-state index contributed by atoms with van der Waals surface area (Å²) in [4.78, 5) is 13.2. The Morgan fingerprint density at radius 2 is 1.38 bits per heavy atom. The molecule has 0 bridgehead atoms. The third-order valence-corrected chi connectivity index (χ3v) is 9.88. The van der Waals surface area contributed by atoms with Gasteiger partial charge in [0.2, 0.25) is 0 Å². The second-order valence-electron chi connectivity index (χ2n) is 5.51. The molecule has 0 aliphatic rings. The van der Waals surface area contributed by atoms with Crippen molar-refractivity contribution < 1.29 is 10.9 Å². The first-order valence-corrected chi connectivity index (χ1v) is 11.9. The molecule has 0 aliphatic carbocycles. The minimum atomic E-state index is -0.864. The van der Waals surface area contributed by atoms with E-state index in [4.69, 9.17) is 6.11 Å². The Balaban J connectivity index is 1.82. The van der Waals surface area contributed by atoms with Crippen LogP contribution in [-0.2, 0) is 11.2 Å². The van der Waals surface area contributed by atoms with E-state index in [9.17, 15) is 4.79 Å². The van der Waals surface area contributed by atoms with Crippen LogP contribution in [0.15, 0.2) is 84.9 Å². The first-order chi connectivity index (χ1) is 13.2. The Labute approximate surface area is 168 Å². The molecular weight excluding hydrogens is 454 g/mol. The molecule has 26 heavy (non-hydrogen) atoms. The molecule has 0 amide bonds. The standard InChI is InChI=1S/C22H20O2Se2/c1-24-18-14-12-17(13-15-18)16-21(23)22(25-19-8-4-2-5-9-19)26-20-10-6-3-7-11-20/h2-15,22H,16H2,1H3/i16D. The number of carbonyl (C=O) groups excluding carboxylic acids is 1. The normalized spacial score (nSPS) is 12.5. The number of methoxy groups -OCH3 is 1. The van der Waals surface area contributed by atoms with Crippen molar-refractivity contribution in [2.45, 2.75) is 10.1 Å². The summed E-state index contributed by atoms with van der Waals surface area (Å²) in [6.45, 7) is 0. The molecule has 2 nitrogen and oxygen atoms in total. The molecule has 3 aromatic rings. The van der Waals surface area contributed by atoms with E-state index in [-0.39, 0.29) is 39.4 Å². The average Bonchev–Trinajstić information content (AvgIpc) is 2.74. The molecule has 0 spiro atoms. The van der Waals surface area contributed by atoms with Crippen molar-refractivity contribution in [3.05, 3.63) is 90.5 Å². The van der Waals surface area contributed by atoms with Gasteiger partial charge in [-0.25, -0.2) is 0 Å². The van der Waals surface area contributed by atoms with E-state index in [0.29, 0.717) is 0 Å². The van der Waals surface area contributed by atoms with Gasteiger partial charge in [0, 0.05) is 0 Å². The van der Waals surface area contributed by atoms with Crippen LogP contribution in [0, 0.1) is 0 Å². The molecule has 4 heteroatoms. The Morgan fingerprint density at radius 1 is 0.885 bits per heavy atom. The number of ketones is 1. The van der Waals surface area contributed by atoms with Gasteiger partial charge >= 0.3 is 169 Å². The summed E-state index contributed by atoms with van der Waals surface area (Å²) in [6.07, 6.45) is -0.864. The number of hydrogen-bond donors (Lipinski definition) is 0. The fraction of sp³-hybridized carbons (Fsp3) is 0.136. The fourth-order valence-electron chi connectivity index (χ4n) is 2.32. The third kappa shape index (κ3) is 5.59. The summed E-state index contributed by atoms with van der Waals surface area (Å²) in [7, 11) is 1.61. The van der Waals surface area contributed by atoms with Gasteiger partial charge in [-0.3, -0.25) is 0 Å². The van der Waals surface area contributed by atoms with Gasteiger partial charge in [-0.05, 0) is 0 Å². The van der Waals surface area contributed by atoms with Crippen molar-refractivity contribution in [2.24, 2.45) is 0 Å². The van der Waals surface area contributed by atoms with Gasteiger partial charge in [0.15, 0.2) is 0 Å². The quantitative estimate of drug-likeness (QED) is 0.469.